The Kier molecular flexibility index (Phi) is 3.84. The molecule has 0 heterocycles. The minimum atomic E-state index is -0.139. The Labute approximate surface area is 99.0 Å². The summed E-state index contributed by atoms with van der Waals surface area (Å²) in [6, 6.07) is 6.63. The molecule has 2 nitrogen and oxygen atoms in total. The van der Waals surface area contributed by atoms with Crippen LogP contribution in [0.25, 0.3) is 0 Å². The molecule has 0 aliphatic heterocycles. The second-order valence-electron chi connectivity index (χ2n) is 5.49. The second-order valence-corrected chi connectivity index (χ2v) is 5.49. The average molecular weight is 221 g/mol. The van der Waals surface area contributed by atoms with Gasteiger partial charge in [-0.05, 0) is 65.3 Å². The number of ether oxygens (including phenoxy) is 1. The van der Waals surface area contributed by atoms with Crippen LogP contribution in [0.1, 0.15) is 40.2 Å². The third kappa shape index (κ3) is 4.13. The normalized spacial score (nSPS) is 11.7. The number of aryl methyl sites for hydroxylation is 1. The highest BCUT2D eigenvalue weighted by molar-refractivity contribution is 5.54. The first-order valence-electron chi connectivity index (χ1n) is 5.84. The molecule has 1 N–H and O–H groups in total. The Hall–Kier alpha value is -1.18. The van der Waals surface area contributed by atoms with E-state index in [1.165, 1.54) is 11.3 Å². The zero-order valence-electron chi connectivity index (χ0n) is 11.2. The van der Waals surface area contributed by atoms with Crippen molar-refractivity contribution in [3.63, 3.8) is 0 Å². The molecule has 0 unspecified atom stereocenters. The molecule has 1 rings (SSSR count). The van der Waals surface area contributed by atoms with Crippen molar-refractivity contribution in [1.29, 1.82) is 0 Å². The van der Waals surface area contributed by atoms with Crippen molar-refractivity contribution >= 4 is 5.69 Å². The van der Waals surface area contributed by atoms with Crippen LogP contribution in [0.5, 0.6) is 5.75 Å². The van der Waals surface area contributed by atoms with Crippen molar-refractivity contribution in [2.45, 2.75) is 53.2 Å². The lowest BCUT2D eigenvalue weighted by Gasteiger charge is -2.22. The van der Waals surface area contributed by atoms with Crippen LogP contribution < -0.4 is 10.1 Å². The molecule has 2 heteroatoms. The van der Waals surface area contributed by atoms with Gasteiger partial charge in [0.2, 0.25) is 0 Å². The van der Waals surface area contributed by atoms with E-state index in [2.05, 4.69) is 59.0 Å². The fourth-order valence-electron chi connectivity index (χ4n) is 1.53. The molecule has 0 aromatic heterocycles. The molecule has 0 saturated carbocycles. The highest BCUT2D eigenvalue weighted by Crippen LogP contribution is 2.24. The topological polar surface area (TPSA) is 21.3 Å². The van der Waals surface area contributed by atoms with Crippen molar-refractivity contribution in [2.75, 3.05) is 5.32 Å². The van der Waals surface area contributed by atoms with Gasteiger partial charge in [0.05, 0.1) is 0 Å². The fourth-order valence-corrected chi connectivity index (χ4v) is 1.53. The second kappa shape index (κ2) is 4.77. The van der Waals surface area contributed by atoms with Crippen LogP contribution in [0.3, 0.4) is 0 Å². The zero-order chi connectivity index (χ0) is 12.3. The van der Waals surface area contributed by atoms with Crippen molar-refractivity contribution < 1.29 is 4.74 Å². The lowest BCUT2D eigenvalue weighted by atomic mass is 10.1. The lowest BCUT2D eigenvalue weighted by molar-refractivity contribution is 0.131. The van der Waals surface area contributed by atoms with Gasteiger partial charge in [0, 0.05) is 11.7 Å². The summed E-state index contributed by atoms with van der Waals surface area (Å²) in [4.78, 5) is 0. The van der Waals surface area contributed by atoms with Gasteiger partial charge in [-0.25, -0.2) is 0 Å². The summed E-state index contributed by atoms with van der Waals surface area (Å²) in [5, 5.41) is 3.41. The van der Waals surface area contributed by atoms with Crippen LogP contribution >= 0.6 is 0 Å². The highest BCUT2D eigenvalue weighted by atomic mass is 16.5. The van der Waals surface area contributed by atoms with Crippen LogP contribution in [0.4, 0.5) is 5.69 Å². The SMILES string of the molecule is Cc1cc(OC(C)(C)C)ccc1NC(C)C. The van der Waals surface area contributed by atoms with Crippen molar-refractivity contribution in [3.05, 3.63) is 23.8 Å². The molecule has 0 spiro atoms. The standard InChI is InChI=1S/C14H23NO/c1-10(2)15-13-8-7-12(9-11(13)3)16-14(4,5)6/h7-10,15H,1-6H3. The molecular formula is C14H23NO. The van der Waals surface area contributed by atoms with Gasteiger partial charge >= 0.3 is 0 Å². The molecule has 0 aliphatic carbocycles. The van der Waals surface area contributed by atoms with Crippen LogP contribution in [-0.4, -0.2) is 11.6 Å². The number of hydrogen-bond donors (Lipinski definition) is 1. The first kappa shape index (κ1) is 12.9. The summed E-state index contributed by atoms with van der Waals surface area (Å²) in [7, 11) is 0. The molecule has 1 aromatic rings. The maximum Gasteiger partial charge on any atom is 0.120 e. The van der Waals surface area contributed by atoms with Gasteiger partial charge in [0.1, 0.15) is 11.4 Å². The Bertz CT molecular complexity index is 350. The average Bonchev–Trinajstić information content (AvgIpc) is 2.06. The molecule has 0 radical (unpaired) electrons. The van der Waals surface area contributed by atoms with Crippen molar-refractivity contribution in [3.8, 4) is 5.75 Å². The Balaban J connectivity index is 2.83. The first-order chi connectivity index (χ1) is 7.28. The molecule has 0 bridgehead atoms. The van der Waals surface area contributed by atoms with Gasteiger partial charge in [-0.1, -0.05) is 0 Å². The molecule has 90 valence electrons. The summed E-state index contributed by atoms with van der Waals surface area (Å²) in [5.41, 5.74) is 2.26. The van der Waals surface area contributed by atoms with Crippen LogP contribution in [0.15, 0.2) is 18.2 Å². The largest absolute Gasteiger partial charge is 0.488 e. The minimum Gasteiger partial charge on any atom is -0.488 e. The Morgan fingerprint density at radius 3 is 2.25 bits per heavy atom. The van der Waals surface area contributed by atoms with Gasteiger partial charge in [-0.3, -0.25) is 0 Å². The molecule has 16 heavy (non-hydrogen) atoms. The summed E-state index contributed by atoms with van der Waals surface area (Å²) >= 11 is 0. The third-order valence-electron chi connectivity index (χ3n) is 2.07. The molecule has 0 aliphatic rings. The monoisotopic (exact) mass is 221 g/mol. The first-order valence-corrected chi connectivity index (χ1v) is 5.84. The van der Waals surface area contributed by atoms with E-state index in [0.717, 1.165) is 5.75 Å². The molecule has 0 amide bonds. The number of benzene rings is 1. The van der Waals surface area contributed by atoms with Gasteiger partial charge in [-0.2, -0.15) is 0 Å². The van der Waals surface area contributed by atoms with Gasteiger partial charge in [-0.15, -0.1) is 0 Å². The fraction of sp³-hybridized carbons (Fsp3) is 0.571. The maximum atomic E-state index is 5.81. The molecule has 1 aromatic carbocycles. The van der Waals surface area contributed by atoms with Gasteiger partial charge in [0.15, 0.2) is 0 Å². The lowest BCUT2D eigenvalue weighted by Crippen LogP contribution is -2.23. The van der Waals surface area contributed by atoms with E-state index in [1.807, 2.05) is 6.07 Å². The predicted molar refractivity (Wildman–Crippen MR) is 70.3 cm³/mol. The van der Waals surface area contributed by atoms with Crippen LogP contribution in [0, 0.1) is 6.92 Å². The maximum absolute atomic E-state index is 5.81. The van der Waals surface area contributed by atoms with Gasteiger partial charge < -0.3 is 10.1 Å². The van der Waals surface area contributed by atoms with E-state index in [0.29, 0.717) is 6.04 Å². The highest BCUT2D eigenvalue weighted by Gasteiger charge is 2.12. The number of anilines is 1. The van der Waals surface area contributed by atoms with E-state index in [9.17, 15) is 0 Å². The number of rotatable bonds is 3. The quantitative estimate of drug-likeness (QED) is 0.833. The Morgan fingerprint density at radius 2 is 1.81 bits per heavy atom. The number of hydrogen-bond acceptors (Lipinski definition) is 2. The predicted octanol–water partition coefficient (Wildman–Crippen LogP) is 3.99. The van der Waals surface area contributed by atoms with Crippen molar-refractivity contribution in [2.24, 2.45) is 0 Å². The molecular weight excluding hydrogens is 198 g/mol. The third-order valence-corrected chi connectivity index (χ3v) is 2.07. The van der Waals surface area contributed by atoms with Crippen LogP contribution in [-0.2, 0) is 0 Å². The van der Waals surface area contributed by atoms with Gasteiger partial charge in [0.25, 0.3) is 0 Å². The van der Waals surface area contributed by atoms with E-state index in [4.69, 9.17) is 4.74 Å². The summed E-state index contributed by atoms with van der Waals surface area (Å²) in [6.45, 7) is 12.5. The van der Waals surface area contributed by atoms with E-state index in [1.54, 1.807) is 0 Å². The molecule has 0 saturated heterocycles. The summed E-state index contributed by atoms with van der Waals surface area (Å²) in [6.07, 6.45) is 0. The summed E-state index contributed by atoms with van der Waals surface area (Å²) < 4.78 is 5.81. The molecule has 0 atom stereocenters. The zero-order valence-corrected chi connectivity index (χ0v) is 11.2. The Morgan fingerprint density at radius 1 is 1.19 bits per heavy atom. The van der Waals surface area contributed by atoms with Crippen LogP contribution in [0.2, 0.25) is 0 Å². The van der Waals surface area contributed by atoms with E-state index in [-0.39, 0.29) is 5.60 Å². The summed E-state index contributed by atoms with van der Waals surface area (Å²) in [5.74, 6) is 0.930. The smallest absolute Gasteiger partial charge is 0.120 e. The van der Waals surface area contributed by atoms with E-state index >= 15 is 0 Å². The minimum absolute atomic E-state index is 0.139. The van der Waals surface area contributed by atoms with E-state index < -0.39 is 0 Å². The van der Waals surface area contributed by atoms with Crippen molar-refractivity contribution in [1.82, 2.24) is 0 Å². The number of nitrogens with one attached hydrogen (secondary N) is 1. The molecule has 0 fully saturated rings.